The molecule has 28 heavy (non-hydrogen) atoms. The van der Waals surface area contributed by atoms with Crippen molar-refractivity contribution in [2.24, 2.45) is 0 Å². The zero-order valence-electron chi connectivity index (χ0n) is 14.1. The minimum absolute atomic E-state index is 0.0253. The number of allylic oxidation sites excluding steroid dienone is 1. The number of H-pyrrole nitrogens is 2. The molecule has 0 fully saturated rings. The molecule has 2 heterocycles. The molecular formula is C19H12ClN3O5. The highest BCUT2D eigenvalue weighted by Gasteiger charge is 2.30. The van der Waals surface area contributed by atoms with Gasteiger partial charge in [-0.2, -0.15) is 0 Å². The van der Waals surface area contributed by atoms with E-state index in [1.54, 1.807) is 18.2 Å². The van der Waals surface area contributed by atoms with E-state index < -0.39 is 22.1 Å². The normalized spacial score (nSPS) is 15.3. The van der Waals surface area contributed by atoms with Crippen LogP contribution in [0.3, 0.4) is 0 Å². The van der Waals surface area contributed by atoms with Crippen LogP contribution in [0.25, 0.3) is 5.76 Å². The van der Waals surface area contributed by atoms with Crippen molar-refractivity contribution in [2.75, 3.05) is 0 Å². The van der Waals surface area contributed by atoms with Crippen molar-refractivity contribution < 1.29 is 9.66 Å². The largest absolute Gasteiger partial charge is 0.440 e. The lowest BCUT2D eigenvalue weighted by Crippen LogP contribution is -2.30. The fourth-order valence-corrected chi connectivity index (χ4v) is 3.34. The summed E-state index contributed by atoms with van der Waals surface area (Å²) in [6, 6.07) is 13.1. The molecule has 4 rings (SSSR count). The number of benzene rings is 2. The Bertz CT molecular complexity index is 1230. The van der Waals surface area contributed by atoms with Crippen LogP contribution < -0.4 is 16.0 Å². The Morgan fingerprint density at radius 3 is 2.54 bits per heavy atom. The van der Waals surface area contributed by atoms with E-state index in [2.05, 4.69) is 9.97 Å². The number of ether oxygens (including phenoxy) is 1. The highest BCUT2D eigenvalue weighted by molar-refractivity contribution is 6.31. The monoisotopic (exact) mass is 397 g/mol. The van der Waals surface area contributed by atoms with Gasteiger partial charge in [0, 0.05) is 28.6 Å². The molecule has 0 amide bonds. The zero-order chi connectivity index (χ0) is 19.8. The average molecular weight is 398 g/mol. The van der Waals surface area contributed by atoms with E-state index in [0.29, 0.717) is 16.9 Å². The summed E-state index contributed by atoms with van der Waals surface area (Å²) in [5, 5.41) is 11.4. The molecule has 1 unspecified atom stereocenters. The molecule has 0 spiro atoms. The van der Waals surface area contributed by atoms with Gasteiger partial charge in [0.2, 0.25) is 5.88 Å². The Balaban J connectivity index is 1.98. The van der Waals surface area contributed by atoms with E-state index in [9.17, 15) is 19.7 Å². The first-order valence-corrected chi connectivity index (χ1v) is 8.57. The van der Waals surface area contributed by atoms with Gasteiger partial charge in [-0.15, -0.1) is 0 Å². The quantitative estimate of drug-likeness (QED) is 0.519. The molecule has 140 valence electrons. The van der Waals surface area contributed by atoms with Gasteiger partial charge in [-0.25, -0.2) is 4.79 Å². The summed E-state index contributed by atoms with van der Waals surface area (Å²) in [5.74, 6) is -0.392. The van der Waals surface area contributed by atoms with Crippen molar-refractivity contribution in [3.05, 3.63) is 107 Å². The molecule has 1 aliphatic heterocycles. The number of fused-ring (bicyclic) bond motifs is 1. The van der Waals surface area contributed by atoms with Gasteiger partial charge in [-0.05, 0) is 17.7 Å². The van der Waals surface area contributed by atoms with Gasteiger partial charge in [0.15, 0.2) is 0 Å². The summed E-state index contributed by atoms with van der Waals surface area (Å²) in [5.41, 5.74) is -0.367. The van der Waals surface area contributed by atoms with Crippen molar-refractivity contribution in [3.8, 4) is 5.88 Å². The van der Waals surface area contributed by atoms with Crippen LogP contribution in [0.4, 0.5) is 5.69 Å². The SMILES string of the molecule is O=c1[nH]c2c(c(=O)[nH]1)C(c1cc([N+](=O)[O-])ccc1Cl)C=C(c1ccccc1)O2. The topological polar surface area (TPSA) is 118 Å². The number of halogens is 1. The number of nitrogens with one attached hydrogen (secondary N) is 2. The maximum absolute atomic E-state index is 12.5. The van der Waals surface area contributed by atoms with Gasteiger partial charge in [-0.1, -0.05) is 41.9 Å². The van der Waals surface area contributed by atoms with Crippen LogP contribution in [-0.4, -0.2) is 14.9 Å². The van der Waals surface area contributed by atoms with Crippen molar-refractivity contribution in [1.82, 2.24) is 9.97 Å². The second-order valence-corrected chi connectivity index (χ2v) is 6.50. The molecular weight excluding hydrogens is 386 g/mol. The smallest absolute Gasteiger partial charge is 0.328 e. The lowest BCUT2D eigenvalue weighted by Gasteiger charge is -2.24. The maximum Gasteiger partial charge on any atom is 0.328 e. The third-order valence-corrected chi connectivity index (χ3v) is 4.71. The predicted molar refractivity (Wildman–Crippen MR) is 103 cm³/mol. The molecule has 2 aromatic carbocycles. The molecule has 9 heteroatoms. The third kappa shape index (κ3) is 3.10. The zero-order valence-corrected chi connectivity index (χ0v) is 14.9. The van der Waals surface area contributed by atoms with E-state index in [1.165, 1.54) is 18.2 Å². The summed E-state index contributed by atoms with van der Waals surface area (Å²) < 4.78 is 5.76. The minimum Gasteiger partial charge on any atom is -0.440 e. The fraction of sp³-hybridized carbons (Fsp3) is 0.0526. The first-order valence-electron chi connectivity index (χ1n) is 8.19. The van der Waals surface area contributed by atoms with Crippen LogP contribution >= 0.6 is 11.6 Å². The average Bonchev–Trinajstić information content (AvgIpc) is 2.67. The van der Waals surface area contributed by atoms with Crippen molar-refractivity contribution >= 4 is 23.0 Å². The van der Waals surface area contributed by atoms with Crippen LogP contribution in [0, 0.1) is 10.1 Å². The van der Waals surface area contributed by atoms with E-state index >= 15 is 0 Å². The number of nitrogens with zero attached hydrogens (tertiary/aromatic N) is 1. The number of hydrogen-bond acceptors (Lipinski definition) is 5. The first kappa shape index (κ1) is 17.7. The number of hydrogen-bond donors (Lipinski definition) is 2. The van der Waals surface area contributed by atoms with E-state index in [1.807, 2.05) is 18.2 Å². The van der Waals surface area contributed by atoms with Crippen molar-refractivity contribution in [1.29, 1.82) is 0 Å². The van der Waals surface area contributed by atoms with Gasteiger partial charge in [0.25, 0.3) is 11.2 Å². The van der Waals surface area contributed by atoms with Gasteiger partial charge in [-0.3, -0.25) is 24.9 Å². The molecule has 2 N–H and O–H groups in total. The van der Waals surface area contributed by atoms with Gasteiger partial charge in [0.1, 0.15) is 5.76 Å². The Morgan fingerprint density at radius 1 is 1.07 bits per heavy atom. The molecule has 0 aliphatic carbocycles. The molecule has 8 nitrogen and oxygen atoms in total. The predicted octanol–water partition coefficient (Wildman–Crippen LogP) is 3.19. The van der Waals surface area contributed by atoms with Crippen LogP contribution in [0.2, 0.25) is 5.02 Å². The maximum atomic E-state index is 12.5. The first-order chi connectivity index (χ1) is 13.4. The summed E-state index contributed by atoms with van der Waals surface area (Å²) in [6.45, 7) is 0. The van der Waals surface area contributed by atoms with E-state index in [4.69, 9.17) is 16.3 Å². The lowest BCUT2D eigenvalue weighted by molar-refractivity contribution is -0.384. The number of nitro groups is 1. The van der Waals surface area contributed by atoms with Gasteiger partial charge >= 0.3 is 5.69 Å². The van der Waals surface area contributed by atoms with Gasteiger partial charge in [0.05, 0.1) is 10.5 Å². The summed E-state index contributed by atoms with van der Waals surface area (Å²) >= 11 is 6.30. The second-order valence-electron chi connectivity index (χ2n) is 6.09. The Hall–Kier alpha value is -3.65. The molecule has 1 atom stereocenters. The number of aromatic nitrogens is 2. The Labute approximate surface area is 162 Å². The molecule has 1 aromatic heterocycles. The van der Waals surface area contributed by atoms with Crippen LogP contribution in [0.1, 0.15) is 22.6 Å². The molecule has 0 saturated heterocycles. The number of aromatic amines is 2. The van der Waals surface area contributed by atoms with Crippen molar-refractivity contribution in [2.45, 2.75) is 5.92 Å². The van der Waals surface area contributed by atoms with Gasteiger partial charge < -0.3 is 4.74 Å². The minimum atomic E-state index is -0.757. The van der Waals surface area contributed by atoms with E-state index in [-0.39, 0.29) is 22.2 Å². The lowest BCUT2D eigenvalue weighted by atomic mass is 9.89. The van der Waals surface area contributed by atoms with Crippen LogP contribution in [0.15, 0.2) is 64.2 Å². The third-order valence-electron chi connectivity index (χ3n) is 4.37. The van der Waals surface area contributed by atoms with E-state index in [0.717, 1.165) is 0 Å². The Kier molecular flexibility index (Phi) is 4.32. The standard InChI is InChI=1S/C19H12ClN3O5/c20-14-7-6-11(23(26)27)8-12(14)13-9-15(10-4-2-1-3-5-10)28-18-16(13)17(24)21-19(25)22-18/h1-9,13H,(H2,21,22,24,25). The number of nitro benzene ring substituents is 1. The Morgan fingerprint density at radius 2 is 1.82 bits per heavy atom. The molecule has 1 aliphatic rings. The molecule has 0 saturated carbocycles. The highest BCUT2D eigenvalue weighted by Crippen LogP contribution is 2.40. The van der Waals surface area contributed by atoms with Crippen molar-refractivity contribution in [3.63, 3.8) is 0 Å². The fourth-order valence-electron chi connectivity index (χ4n) is 3.10. The van der Waals surface area contributed by atoms with Crippen LogP contribution in [0.5, 0.6) is 5.88 Å². The van der Waals surface area contributed by atoms with Crippen LogP contribution in [-0.2, 0) is 0 Å². The summed E-state index contributed by atoms with van der Waals surface area (Å²) in [4.78, 5) is 39.5. The summed E-state index contributed by atoms with van der Waals surface area (Å²) in [6.07, 6.45) is 1.65. The summed E-state index contributed by atoms with van der Waals surface area (Å²) in [7, 11) is 0. The molecule has 3 aromatic rings. The number of non-ortho nitro benzene ring substituents is 1. The molecule has 0 radical (unpaired) electrons. The number of rotatable bonds is 3. The molecule has 0 bridgehead atoms. The second kappa shape index (κ2) is 6.82. The highest BCUT2D eigenvalue weighted by atomic mass is 35.5.